The zero-order valence-electron chi connectivity index (χ0n) is 10.0. The molecular weight excluding hydrogens is 216 g/mol. The quantitative estimate of drug-likeness (QED) is 0.752. The van der Waals surface area contributed by atoms with E-state index in [4.69, 9.17) is 12.2 Å². The van der Waals surface area contributed by atoms with Gasteiger partial charge >= 0.3 is 0 Å². The van der Waals surface area contributed by atoms with Gasteiger partial charge in [0, 0.05) is 17.8 Å². The predicted molar refractivity (Wildman–Crippen MR) is 73.0 cm³/mol. The van der Waals surface area contributed by atoms with E-state index in [1.165, 1.54) is 11.3 Å². The van der Waals surface area contributed by atoms with Crippen LogP contribution in [0.15, 0.2) is 24.3 Å². The van der Waals surface area contributed by atoms with Crippen LogP contribution >= 0.6 is 12.2 Å². The Bertz CT molecular complexity index is 401. The van der Waals surface area contributed by atoms with Crippen molar-refractivity contribution in [3.05, 3.63) is 29.8 Å². The monoisotopic (exact) mass is 234 g/mol. The van der Waals surface area contributed by atoms with Crippen molar-refractivity contribution < 1.29 is 0 Å². The van der Waals surface area contributed by atoms with Gasteiger partial charge in [-0.1, -0.05) is 18.2 Å². The minimum atomic E-state index is 0.382. The van der Waals surface area contributed by atoms with Crippen molar-refractivity contribution in [2.75, 3.05) is 4.90 Å². The summed E-state index contributed by atoms with van der Waals surface area (Å²) in [6, 6.07) is 9.33. The van der Waals surface area contributed by atoms with Crippen LogP contribution in [0.25, 0.3) is 0 Å². The van der Waals surface area contributed by atoms with Gasteiger partial charge in [0.15, 0.2) is 5.11 Å². The molecule has 1 atom stereocenters. The molecule has 2 rings (SSSR count). The third kappa shape index (κ3) is 2.05. The first-order chi connectivity index (χ1) is 7.59. The highest BCUT2D eigenvalue weighted by Gasteiger charge is 2.28. The number of thiocarbonyl (C=S) groups is 1. The number of rotatable bonds is 1. The molecule has 0 saturated carbocycles. The standard InChI is InChI=1S/C13H18N2S/c1-9(2)14-13(16)15-10(3)8-11-6-4-5-7-12(11)15/h4-7,9-10H,8H2,1-3H3,(H,14,16). The fraction of sp³-hybridized carbons (Fsp3) is 0.462. The molecule has 0 fully saturated rings. The average Bonchev–Trinajstić information content (AvgIpc) is 2.52. The Morgan fingerprint density at radius 3 is 2.81 bits per heavy atom. The Labute approximate surface area is 103 Å². The first-order valence-electron chi connectivity index (χ1n) is 5.77. The molecule has 1 heterocycles. The number of nitrogens with one attached hydrogen (secondary N) is 1. The molecule has 0 aliphatic carbocycles. The summed E-state index contributed by atoms with van der Waals surface area (Å²) >= 11 is 5.46. The zero-order chi connectivity index (χ0) is 11.7. The topological polar surface area (TPSA) is 15.3 Å². The molecule has 86 valence electrons. The first kappa shape index (κ1) is 11.4. The lowest BCUT2D eigenvalue weighted by Crippen LogP contribution is -2.45. The van der Waals surface area contributed by atoms with E-state index in [1.54, 1.807) is 0 Å². The SMILES string of the molecule is CC(C)NC(=S)N1c2ccccc2CC1C. The number of fused-ring (bicyclic) bond motifs is 1. The molecule has 1 aliphatic rings. The van der Waals surface area contributed by atoms with Crippen LogP contribution in [0.1, 0.15) is 26.3 Å². The molecule has 0 bridgehead atoms. The third-order valence-corrected chi connectivity index (χ3v) is 3.15. The van der Waals surface area contributed by atoms with Crippen LogP contribution < -0.4 is 10.2 Å². The van der Waals surface area contributed by atoms with Crippen LogP contribution in [0.4, 0.5) is 5.69 Å². The lowest BCUT2D eigenvalue weighted by Gasteiger charge is -2.27. The molecule has 0 radical (unpaired) electrons. The Morgan fingerprint density at radius 1 is 1.44 bits per heavy atom. The normalized spacial score (nSPS) is 18.8. The van der Waals surface area contributed by atoms with Crippen molar-refractivity contribution in [3.8, 4) is 0 Å². The second kappa shape index (κ2) is 4.42. The molecule has 3 heteroatoms. The van der Waals surface area contributed by atoms with Gasteiger partial charge in [-0.25, -0.2) is 0 Å². The largest absolute Gasteiger partial charge is 0.360 e. The Balaban J connectivity index is 2.25. The Hall–Kier alpha value is -1.09. The molecule has 1 aliphatic heterocycles. The molecule has 1 unspecified atom stereocenters. The number of hydrogen-bond acceptors (Lipinski definition) is 1. The van der Waals surface area contributed by atoms with Gasteiger partial charge < -0.3 is 10.2 Å². The van der Waals surface area contributed by atoms with Crippen molar-refractivity contribution >= 4 is 23.0 Å². The molecule has 2 nitrogen and oxygen atoms in total. The van der Waals surface area contributed by atoms with Crippen LogP contribution in [-0.4, -0.2) is 17.2 Å². The van der Waals surface area contributed by atoms with Gasteiger partial charge in [-0.3, -0.25) is 0 Å². The third-order valence-electron chi connectivity index (χ3n) is 2.84. The Morgan fingerprint density at radius 2 is 2.12 bits per heavy atom. The molecule has 0 saturated heterocycles. The fourth-order valence-electron chi connectivity index (χ4n) is 2.19. The van der Waals surface area contributed by atoms with Gasteiger partial charge in [0.25, 0.3) is 0 Å². The highest BCUT2D eigenvalue weighted by atomic mass is 32.1. The molecule has 0 amide bonds. The van der Waals surface area contributed by atoms with Crippen LogP contribution in [-0.2, 0) is 6.42 Å². The summed E-state index contributed by atoms with van der Waals surface area (Å²) in [7, 11) is 0. The van der Waals surface area contributed by atoms with Gasteiger partial charge in [0.1, 0.15) is 0 Å². The van der Waals surface area contributed by atoms with E-state index in [1.807, 2.05) is 0 Å². The van der Waals surface area contributed by atoms with Crippen LogP contribution in [0, 0.1) is 0 Å². The van der Waals surface area contributed by atoms with Gasteiger partial charge in [-0.2, -0.15) is 0 Å². The van der Waals surface area contributed by atoms with Gasteiger partial charge in [0.2, 0.25) is 0 Å². The van der Waals surface area contributed by atoms with Crippen molar-refractivity contribution in [1.29, 1.82) is 0 Å². The number of para-hydroxylation sites is 1. The van der Waals surface area contributed by atoms with Crippen molar-refractivity contribution in [2.45, 2.75) is 39.3 Å². The van der Waals surface area contributed by atoms with E-state index in [9.17, 15) is 0 Å². The minimum Gasteiger partial charge on any atom is -0.360 e. The fourth-order valence-corrected chi connectivity index (χ4v) is 2.71. The molecule has 1 N–H and O–H groups in total. The highest BCUT2D eigenvalue weighted by Crippen LogP contribution is 2.31. The van der Waals surface area contributed by atoms with E-state index in [0.29, 0.717) is 12.1 Å². The maximum atomic E-state index is 5.46. The van der Waals surface area contributed by atoms with Crippen molar-refractivity contribution in [1.82, 2.24) is 5.32 Å². The van der Waals surface area contributed by atoms with E-state index in [2.05, 4.69) is 55.3 Å². The summed E-state index contributed by atoms with van der Waals surface area (Å²) in [5.74, 6) is 0. The molecule has 16 heavy (non-hydrogen) atoms. The number of nitrogens with zero attached hydrogens (tertiary/aromatic N) is 1. The number of hydrogen-bond donors (Lipinski definition) is 1. The number of benzene rings is 1. The second-order valence-electron chi connectivity index (χ2n) is 4.66. The minimum absolute atomic E-state index is 0.382. The molecule has 0 aromatic heterocycles. The molecular formula is C13H18N2S. The van der Waals surface area contributed by atoms with Crippen LogP contribution in [0.3, 0.4) is 0 Å². The summed E-state index contributed by atoms with van der Waals surface area (Å²) in [6.45, 7) is 6.44. The van der Waals surface area contributed by atoms with E-state index >= 15 is 0 Å². The lowest BCUT2D eigenvalue weighted by atomic mass is 10.1. The lowest BCUT2D eigenvalue weighted by molar-refractivity contribution is 0.703. The molecule has 1 aromatic rings. The van der Waals surface area contributed by atoms with E-state index in [0.717, 1.165) is 11.5 Å². The molecule has 1 aromatic carbocycles. The maximum Gasteiger partial charge on any atom is 0.173 e. The van der Waals surface area contributed by atoms with Gasteiger partial charge in [-0.05, 0) is 51.0 Å². The second-order valence-corrected chi connectivity index (χ2v) is 5.04. The van der Waals surface area contributed by atoms with Crippen LogP contribution in [0.2, 0.25) is 0 Å². The van der Waals surface area contributed by atoms with Crippen molar-refractivity contribution in [3.63, 3.8) is 0 Å². The van der Waals surface area contributed by atoms with Crippen molar-refractivity contribution in [2.24, 2.45) is 0 Å². The smallest absolute Gasteiger partial charge is 0.173 e. The summed E-state index contributed by atoms with van der Waals surface area (Å²) < 4.78 is 0. The summed E-state index contributed by atoms with van der Waals surface area (Å²) in [5.41, 5.74) is 2.65. The summed E-state index contributed by atoms with van der Waals surface area (Å²) in [4.78, 5) is 2.23. The average molecular weight is 234 g/mol. The van der Waals surface area contributed by atoms with Crippen LogP contribution in [0.5, 0.6) is 0 Å². The predicted octanol–water partition coefficient (Wildman–Crippen LogP) is 2.72. The van der Waals surface area contributed by atoms with E-state index < -0.39 is 0 Å². The Kier molecular flexibility index (Phi) is 3.15. The highest BCUT2D eigenvalue weighted by molar-refractivity contribution is 7.80. The number of anilines is 1. The molecule has 0 spiro atoms. The van der Waals surface area contributed by atoms with Gasteiger partial charge in [0.05, 0.1) is 0 Å². The van der Waals surface area contributed by atoms with Gasteiger partial charge in [-0.15, -0.1) is 0 Å². The summed E-state index contributed by atoms with van der Waals surface area (Å²) in [6.07, 6.45) is 1.08. The van der Waals surface area contributed by atoms with E-state index in [-0.39, 0.29) is 0 Å². The maximum absolute atomic E-state index is 5.46. The first-order valence-corrected chi connectivity index (χ1v) is 6.18. The zero-order valence-corrected chi connectivity index (χ0v) is 10.8. The summed E-state index contributed by atoms with van der Waals surface area (Å²) in [5, 5.41) is 4.15.